The van der Waals surface area contributed by atoms with Gasteiger partial charge in [0.1, 0.15) is 11.4 Å². The van der Waals surface area contributed by atoms with E-state index in [4.69, 9.17) is 9.84 Å². The molecule has 0 atom stereocenters. The van der Waals surface area contributed by atoms with E-state index in [2.05, 4.69) is 10.3 Å². The third-order valence-electron chi connectivity index (χ3n) is 2.65. The van der Waals surface area contributed by atoms with Crippen molar-refractivity contribution in [2.45, 2.75) is 0 Å². The van der Waals surface area contributed by atoms with Crippen molar-refractivity contribution in [3.63, 3.8) is 0 Å². The molecule has 0 radical (unpaired) electrons. The molecule has 2 aromatic rings. The Kier molecular flexibility index (Phi) is 4.13. The van der Waals surface area contributed by atoms with Crippen molar-refractivity contribution in [1.82, 2.24) is 4.98 Å². The van der Waals surface area contributed by atoms with E-state index in [-0.39, 0.29) is 16.9 Å². The number of carboxylic acids is 1. The second-order valence-corrected chi connectivity index (χ2v) is 4.02. The molecule has 0 fully saturated rings. The van der Waals surface area contributed by atoms with Gasteiger partial charge in [0.25, 0.3) is 5.91 Å². The number of nitrogens with one attached hydrogen (secondary N) is 1. The van der Waals surface area contributed by atoms with Crippen LogP contribution in [0.1, 0.15) is 20.8 Å². The summed E-state index contributed by atoms with van der Waals surface area (Å²) in [6.07, 6.45) is 0. The number of benzene rings is 1. The highest BCUT2D eigenvalue weighted by Crippen LogP contribution is 2.22. The van der Waals surface area contributed by atoms with Gasteiger partial charge in [-0.15, -0.1) is 0 Å². The average Bonchev–Trinajstić information content (AvgIpc) is 2.47. The molecule has 0 bridgehead atoms. The summed E-state index contributed by atoms with van der Waals surface area (Å²) in [6, 6.07) is 7.93. The number of carbonyl (C=O) groups excluding carboxylic acids is 1. The Morgan fingerprint density at radius 3 is 2.67 bits per heavy atom. The highest BCUT2D eigenvalue weighted by atomic mass is 19.1. The van der Waals surface area contributed by atoms with Crippen LogP contribution in [0.15, 0.2) is 36.4 Å². The van der Waals surface area contributed by atoms with Gasteiger partial charge in [-0.3, -0.25) is 4.79 Å². The zero-order valence-corrected chi connectivity index (χ0v) is 11.0. The summed E-state index contributed by atoms with van der Waals surface area (Å²) in [6.45, 7) is 0. The summed E-state index contributed by atoms with van der Waals surface area (Å²) >= 11 is 0. The van der Waals surface area contributed by atoms with Crippen molar-refractivity contribution in [1.29, 1.82) is 0 Å². The third-order valence-corrected chi connectivity index (χ3v) is 2.65. The van der Waals surface area contributed by atoms with Gasteiger partial charge in [-0.05, 0) is 30.3 Å². The first-order valence-electron chi connectivity index (χ1n) is 5.86. The maximum atomic E-state index is 13.0. The van der Waals surface area contributed by atoms with E-state index >= 15 is 0 Å². The zero-order chi connectivity index (χ0) is 15.4. The second-order valence-electron chi connectivity index (χ2n) is 4.02. The van der Waals surface area contributed by atoms with Crippen LogP contribution in [0.3, 0.4) is 0 Å². The highest BCUT2D eigenvalue weighted by Gasteiger charge is 2.15. The first-order valence-corrected chi connectivity index (χ1v) is 5.86. The number of nitrogens with zero attached hydrogens (tertiary/aromatic N) is 1. The van der Waals surface area contributed by atoms with Gasteiger partial charge in [-0.25, -0.2) is 9.78 Å². The molecule has 21 heavy (non-hydrogen) atoms. The molecule has 0 aliphatic carbocycles. The van der Waals surface area contributed by atoms with E-state index in [1.165, 1.54) is 37.4 Å². The summed E-state index contributed by atoms with van der Waals surface area (Å²) in [5.41, 5.74) is -0.222. The van der Waals surface area contributed by atoms with Crippen molar-refractivity contribution >= 4 is 17.6 Å². The van der Waals surface area contributed by atoms with E-state index in [0.29, 0.717) is 5.75 Å². The number of carboxylic acid groups (broad SMARTS) is 1. The number of amides is 1. The van der Waals surface area contributed by atoms with Crippen molar-refractivity contribution in [3.8, 4) is 5.75 Å². The van der Waals surface area contributed by atoms with Crippen LogP contribution < -0.4 is 10.1 Å². The van der Waals surface area contributed by atoms with Crippen LogP contribution in [0.5, 0.6) is 5.75 Å². The van der Waals surface area contributed by atoms with Gasteiger partial charge >= 0.3 is 5.97 Å². The van der Waals surface area contributed by atoms with Gasteiger partial charge in [-0.1, -0.05) is 6.07 Å². The molecule has 108 valence electrons. The smallest absolute Gasteiger partial charge is 0.337 e. The van der Waals surface area contributed by atoms with E-state index in [1.54, 1.807) is 0 Å². The molecular formula is C14H11FN2O4. The average molecular weight is 290 g/mol. The minimum Gasteiger partial charge on any atom is -0.497 e. The Morgan fingerprint density at radius 2 is 2.05 bits per heavy atom. The minimum atomic E-state index is -1.23. The Hall–Kier alpha value is -2.96. The van der Waals surface area contributed by atoms with Gasteiger partial charge in [0, 0.05) is 0 Å². The Balaban J connectivity index is 2.31. The third kappa shape index (κ3) is 3.33. The topological polar surface area (TPSA) is 88.5 Å². The summed E-state index contributed by atoms with van der Waals surface area (Å²) in [5.74, 6) is -2.39. The summed E-state index contributed by atoms with van der Waals surface area (Å²) in [7, 11) is 1.40. The molecule has 0 aliphatic heterocycles. The predicted octanol–water partition coefficient (Wildman–Crippen LogP) is 2.18. The number of carbonyl (C=O) groups is 2. The fourth-order valence-electron chi connectivity index (χ4n) is 1.66. The molecule has 2 rings (SSSR count). The van der Waals surface area contributed by atoms with Crippen LogP contribution in [-0.4, -0.2) is 29.1 Å². The summed E-state index contributed by atoms with van der Waals surface area (Å²) < 4.78 is 17.9. The normalized spacial score (nSPS) is 10.0. The number of hydrogen-bond donors (Lipinski definition) is 2. The highest BCUT2D eigenvalue weighted by molar-refractivity contribution is 6.06. The van der Waals surface area contributed by atoms with E-state index < -0.39 is 17.8 Å². The van der Waals surface area contributed by atoms with Gasteiger partial charge < -0.3 is 15.2 Å². The maximum absolute atomic E-state index is 13.0. The minimum absolute atomic E-state index is 0.0689. The molecule has 0 saturated heterocycles. The van der Waals surface area contributed by atoms with Crippen molar-refractivity contribution in [2.24, 2.45) is 0 Å². The molecule has 0 aliphatic rings. The van der Waals surface area contributed by atoms with Crippen LogP contribution in [0.25, 0.3) is 0 Å². The molecule has 1 heterocycles. The molecular weight excluding hydrogens is 279 g/mol. The Morgan fingerprint density at radius 1 is 1.29 bits per heavy atom. The molecule has 1 amide bonds. The number of hydrogen-bond acceptors (Lipinski definition) is 4. The lowest BCUT2D eigenvalue weighted by Gasteiger charge is -2.09. The van der Waals surface area contributed by atoms with Gasteiger partial charge in [0.05, 0.1) is 18.4 Å². The SMILES string of the molecule is COc1ccc(NC(=O)c2cccc(F)n2)c(C(=O)O)c1. The molecule has 1 aromatic heterocycles. The maximum Gasteiger partial charge on any atom is 0.337 e. The molecule has 7 heteroatoms. The lowest BCUT2D eigenvalue weighted by molar-refractivity contribution is 0.0697. The number of aromatic nitrogens is 1. The number of pyridine rings is 1. The predicted molar refractivity (Wildman–Crippen MR) is 72.1 cm³/mol. The summed E-state index contributed by atoms with van der Waals surface area (Å²) in [4.78, 5) is 26.5. The number of methoxy groups -OCH3 is 1. The van der Waals surface area contributed by atoms with Crippen LogP contribution in [0.4, 0.5) is 10.1 Å². The van der Waals surface area contributed by atoms with Crippen LogP contribution in [-0.2, 0) is 0 Å². The van der Waals surface area contributed by atoms with Crippen LogP contribution >= 0.6 is 0 Å². The fraction of sp³-hybridized carbons (Fsp3) is 0.0714. The lowest BCUT2D eigenvalue weighted by atomic mass is 10.1. The first kappa shape index (κ1) is 14.4. The standard InChI is InChI=1S/C14H11FN2O4/c1-21-8-5-6-10(9(7-8)14(19)20)17-13(18)11-3-2-4-12(15)16-11/h2-7H,1H3,(H,17,18)(H,19,20). The van der Waals surface area contributed by atoms with Gasteiger partial charge in [-0.2, -0.15) is 4.39 Å². The molecule has 0 saturated carbocycles. The Labute approximate surface area is 119 Å². The molecule has 2 N–H and O–H groups in total. The van der Waals surface area contributed by atoms with Crippen LogP contribution in [0, 0.1) is 5.95 Å². The fourth-order valence-corrected chi connectivity index (χ4v) is 1.66. The van der Waals surface area contributed by atoms with E-state index in [0.717, 1.165) is 6.07 Å². The monoisotopic (exact) mass is 290 g/mol. The van der Waals surface area contributed by atoms with E-state index in [9.17, 15) is 14.0 Å². The zero-order valence-electron chi connectivity index (χ0n) is 11.0. The molecule has 0 unspecified atom stereocenters. The Bertz CT molecular complexity index is 703. The number of aromatic carboxylic acids is 1. The van der Waals surface area contributed by atoms with Gasteiger partial charge in [0.15, 0.2) is 0 Å². The van der Waals surface area contributed by atoms with Crippen molar-refractivity contribution in [2.75, 3.05) is 12.4 Å². The largest absolute Gasteiger partial charge is 0.497 e. The second kappa shape index (κ2) is 6.00. The first-order chi connectivity index (χ1) is 10.0. The number of halogens is 1. The number of rotatable bonds is 4. The molecule has 6 nitrogen and oxygen atoms in total. The van der Waals surface area contributed by atoms with Crippen LogP contribution in [0.2, 0.25) is 0 Å². The van der Waals surface area contributed by atoms with Crippen molar-refractivity contribution < 1.29 is 23.8 Å². The number of anilines is 1. The van der Waals surface area contributed by atoms with Crippen molar-refractivity contribution in [3.05, 3.63) is 53.6 Å². The number of ether oxygens (including phenoxy) is 1. The quantitative estimate of drug-likeness (QED) is 0.842. The summed E-state index contributed by atoms with van der Waals surface area (Å²) in [5, 5.41) is 11.5. The lowest BCUT2D eigenvalue weighted by Crippen LogP contribution is -2.16. The van der Waals surface area contributed by atoms with E-state index in [1.807, 2.05) is 0 Å². The van der Waals surface area contributed by atoms with Gasteiger partial charge in [0.2, 0.25) is 5.95 Å². The molecule has 0 spiro atoms. The molecule has 1 aromatic carbocycles.